The quantitative estimate of drug-likeness (QED) is 0.691. The van der Waals surface area contributed by atoms with E-state index < -0.39 is 0 Å². The Morgan fingerprint density at radius 3 is 2.14 bits per heavy atom. The average molecular weight is 198 g/mol. The molecule has 0 radical (unpaired) electrons. The Bertz CT molecular complexity index is 202. The molecule has 1 aliphatic heterocycles. The Kier molecular flexibility index (Phi) is 3.53. The van der Waals surface area contributed by atoms with E-state index in [1.54, 1.807) is 0 Å². The second kappa shape index (κ2) is 4.30. The molecule has 3 heteroatoms. The van der Waals surface area contributed by atoms with Crippen LogP contribution in [-0.2, 0) is 4.79 Å². The first-order valence-electron chi connectivity index (χ1n) is 5.47. The zero-order chi connectivity index (χ0) is 10.8. The van der Waals surface area contributed by atoms with Gasteiger partial charge >= 0.3 is 0 Å². The van der Waals surface area contributed by atoms with Gasteiger partial charge in [0.25, 0.3) is 0 Å². The van der Waals surface area contributed by atoms with Gasteiger partial charge in [0.2, 0.25) is 5.91 Å². The van der Waals surface area contributed by atoms with Gasteiger partial charge in [-0.25, -0.2) is 0 Å². The van der Waals surface area contributed by atoms with Crippen molar-refractivity contribution in [2.75, 3.05) is 13.1 Å². The highest BCUT2D eigenvalue weighted by Gasteiger charge is 2.31. The minimum Gasteiger partial charge on any atom is -0.341 e. The lowest BCUT2D eigenvalue weighted by atomic mass is 9.86. The van der Waals surface area contributed by atoms with Crippen LogP contribution < -0.4 is 5.73 Å². The number of piperidine rings is 1. The summed E-state index contributed by atoms with van der Waals surface area (Å²) in [5.74, 6) is 0.122. The van der Waals surface area contributed by atoms with Crippen LogP contribution in [0.25, 0.3) is 0 Å². The number of nitrogens with zero attached hydrogens (tertiary/aromatic N) is 1. The molecule has 1 amide bonds. The van der Waals surface area contributed by atoms with Gasteiger partial charge in [-0.05, 0) is 24.7 Å². The first-order chi connectivity index (χ1) is 6.43. The fourth-order valence-corrected chi connectivity index (χ4v) is 1.68. The van der Waals surface area contributed by atoms with Gasteiger partial charge < -0.3 is 10.6 Å². The molecule has 1 fully saturated rings. The third-order valence-electron chi connectivity index (χ3n) is 2.87. The van der Waals surface area contributed by atoms with Gasteiger partial charge in [0.15, 0.2) is 0 Å². The zero-order valence-electron chi connectivity index (χ0n) is 9.55. The molecule has 14 heavy (non-hydrogen) atoms. The molecule has 3 nitrogen and oxygen atoms in total. The molecule has 0 aliphatic carbocycles. The Morgan fingerprint density at radius 1 is 1.21 bits per heavy atom. The van der Waals surface area contributed by atoms with Crippen LogP contribution in [0.1, 0.15) is 40.0 Å². The number of nitrogens with two attached hydrogens (primary N) is 1. The van der Waals surface area contributed by atoms with Crippen LogP contribution in [0.2, 0.25) is 0 Å². The summed E-state index contributed by atoms with van der Waals surface area (Å²) in [6, 6.07) is -0.361. The van der Waals surface area contributed by atoms with Crippen molar-refractivity contribution in [2.45, 2.75) is 46.1 Å². The van der Waals surface area contributed by atoms with Crippen molar-refractivity contribution in [1.82, 2.24) is 4.90 Å². The largest absolute Gasteiger partial charge is 0.341 e. The van der Waals surface area contributed by atoms with Crippen molar-refractivity contribution in [2.24, 2.45) is 11.1 Å². The smallest absolute Gasteiger partial charge is 0.240 e. The molecule has 1 unspecified atom stereocenters. The average Bonchev–Trinajstić information content (AvgIpc) is 2.15. The van der Waals surface area contributed by atoms with Crippen LogP contribution in [-0.4, -0.2) is 29.9 Å². The zero-order valence-corrected chi connectivity index (χ0v) is 9.55. The molecule has 0 aromatic heterocycles. The normalized spacial score (nSPS) is 20.7. The van der Waals surface area contributed by atoms with Gasteiger partial charge in [0.1, 0.15) is 0 Å². The van der Waals surface area contributed by atoms with Crippen LogP contribution in [0.5, 0.6) is 0 Å². The Labute approximate surface area is 86.6 Å². The molecule has 0 aromatic carbocycles. The van der Waals surface area contributed by atoms with E-state index in [9.17, 15) is 4.79 Å². The highest BCUT2D eigenvalue weighted by Crippen LogP contribution is 2.20. The number of carbonyl (C=O) groups excluding carboxylic acids is 1. The van der Waals surface area contributed by atoms with Crippen molar-refractivity contribution in [3.8, 4) is 0 Å². The molecular weight excluding hydrogens is 176 g/mol. The summed E-state index contributed by atoms with van der Waals surface area (Å²) < 4.78 is 0. The summed E-state index contributed by atoms with van der Waals surface area (Å²) in [6.45, 7) is 7.82. The van der Waals surface area contributed by atoms with E-state index in [2.05, 4.69) is 0 Å². The SMILES string of the molecule is CC(C)(C)C(N)C(=O)N1CCCCC1. The molecule has 1 saturated heterocycles. The van der Waals surface area contributed by atoms with Crippen LogP contribution in [0.4, 0.5) is 0 Å². The second-order valence-corrected chi connectivity index (χ2v) is 5.23. The first-order valence-corrected chi connectivity index (χ1v) is 5.47. The lowest BCUT2D eigenvalue weighted by Crippen LogP contribution is -2.51. The topological polar surface area (TPSA) is 46.3 Å². The number of hydrogen-bond donors (Lipinski definition) is 1. The third kappa shape index (κ3) is 2.71. The van der Waals surface area contributed by atoms with Crippen LogP contribution in [0.3, 0.4) is 0 Å². The maximum Gasteiger partial charge on any atom is 0.240 e. The molecule has 2 N–H and O–H groups in total. The summed E-state index contributed by atoms with van der Waals surface area (Å²) >= 11 is 0. The van der Waals surface area contributed by atoms with Crippen LogP contribution in [0, 0.1) is 5.41 Å². The summed E-state index contributed by atoms with van der Waals surface area (Å²) in [6.07, 6.45) is 3.50. The Morgan fingerprint density at radius 2 is 1.71 bits per heavy atom. The maximum absolute atomic E-state index is 11.9. The summed E-state index contributed by atoms with van der Waals surface area (Å²) in [7, 11) is 0. The Hall–Kier alpha value is -0.570. The lowest BCUT2D eigenvalue weighted by molar-refractivity contribution is -0.135. The van der Waals surface area contributed by atoms with Gasteiger partial charge in [-0.2, -0.15) is 0 Å². The van der Waals surface area contributed by atoms with Crippen LogP contribution >= 0.6 is 0 Å². The molecule has 1 atom stereocenters. The van der Waals surface area contributed by atoms with E-state index in [4.69, 9.17) is 5.73 Å². The molecule has 1 rings (SSSR count). The minimum absolute atomic E-state index is 0.122. The predicted octanol–water partition coefficient (Wildman–Crippen LogP) is 1.37. The highest BCUT2D eigenvalue weighted by molar-refractivity contribution is 5.82. The highest BCUT2D eigenvalue weighted by atomic mass is 16.2. The first kappa shape index (κ1) is 11.5. The van der Waals surface area contributed by atoms with Crippen molar-refractivity contribution in [3.63, 3.8) is 0 Å². The van der Waals surface area contributed by atoms with E-state index in [-0.39, 0.29) is 17.4 Å². The molecule has 1 heterocycles. The molecule has 0 spiro atoms. The summed E-state index contributed by atoms with van der Waals surface area (Å²) in [4.78, 5) is 13.9. The van der Waals surface area contributed by atoms with E-state index >= 15 is 0 Å². The molecule has 1 aliphatic rings. The number of hydrogen-bond acceptors (Lipinski definition) is 2. The molecule has 0 saturated carbocycles. The van der Waals surface area contributed by atoms with E-state index in [1.807, 2.05) is 25.7 Å². The van der Waals surface area contributed by atoms with E-state index in [0.29, 0.717) is 0 Å². The summed E-state index contributed by atoms with van der Waals surface area (Å²) in [5, 5.41) is 0. The monoisotopic (exact) mass is 198 g/mol. The second-order valence-electron chi connectivity index (χ2n) is 5.23. The standard InChI is InChI=1S/C11H22N2O/c1-11(2,3)9(12)10(14)13-7-5-4-6-8-13/h9H,4-8,12H2,1-3H3. The lowest BCUT2D eigenvalue weighted by Gasteiger charge is -2.34. The van der Waals surface area contributed by atoms with Gasteiger partial charge in [0, 0.05) is 13.1 Å². The van der Waals surface area contributed by atoms with Crippen molar-refractivity contribution in [1.29, 1.82) is 0 Å². The molecule has 82 valence electrons. The Balaban J connectivity index is 2.55. The van der Waals surface area contributed by atoms with Crippen molar-refractivity contribution in [3.05, 3.63) is 0 Å². The maximum atomic E-state index is 11.9. The van der Waals surface area contributed by atoms with Gasteiger partial charge in [-0.3, -0.25) is 4.79 Å². The van der Waals surface area contributed by atoms with E-state index in [1.165, 1.54) is 6.42 Å². The fraction of sp³-hybridized carbons (Fsp3) is 0.909. The van der Waals surface area contributed by atoms with Crippen molar-refractivity contribution >= 4 is 5.91 Å². The molecule has 0 aromatic rings. The summed E-state index contributed by atoms with van der Waals surface area (Å²) in [5.41, 5.74) is 5.80. The fourth-order valence-electron chi connectivity index (χ4n) is 1.68. The molecule has 0 bridgehead atoms. The van der Waals surface area contributed by atoms with Crippen molar-refractivity contribution < 1.29 is 4.79 Å². The van der Waals surface area contributed by atoms with E-state index in [0.717, 1.165) is 25.9 Å². The molecular formula is C11H22N2O. The third-order valence-corrected chi connectivity index (χ3v) is 2.87. The van der Waals surface area contributed by atoms with Crippen LogP contribution in [0.15, 0.2) is 0 Å². The van der Waals surface area contributed by atoms with Gasteiger partial charge in [-0.1, -0.05) is 20.8 Å². The predicted molar refractivity (Wildman–Crippen MR) is 57.9 cm³/mol. The number of amides is 1. The number of likely N-dealkylation sites (tertiary alicyclic amines) is 1. The number of carbonyl (C=O) groups is 1. The van der Waals surface area contributed by atoms with Gasteiger partial charge in [-0.15, -0.1) is 0 Å². The number of rotatable bonds is 1. The van der Waals surface area contributed by atoms with Gasteiger partial charge in [0.05, 0.1) is 6.04 Å². The minimum atomic E-state index is -0.361.